The topological polar surface area (TPSA) is 29.6 Å². The van der Waals surface area contributed by atoms with Crippen molar-refractivity contribution in [2.45, 2.75) is 12.8 Å². The van der Waals surface area contributed by atoms with E-state index in [4.69, 9.17) is 5.10 Å². The molecule has 0 bridgehead atoms. The first-order valence-corrected chi connectivity index (χ1v) is 9.10. The molecule has 0 aliphatic carbocycles. The third-order valence-electron chi connectivity index (χ3n) is 3.85. The highest BCUT2D eigenvalue weighted by Gasteiger charge is 2.11. The van der Waals surface area contributed by atoms with Crippen LogP contribution in [-0.4, -0.2) is 17.4 Å². The smallest absolute Gasteiger partial charge is 0.206 e. The SMILES string of the molecule is C=CCN=c1scc(C)n1N=CC(c1ccccc1)c1ccccc1. The molecule has 0 atom stereocenters. The number of rotatable bonds is 6. The largest absolute Gasteiger partial charge is 0.253 e. The van der Waals surface area contributed by atoms with Gasteiger partial charge in [-0.3, -0.25) is 4.99 Å². The average Bonchev–Trinajstić information content (AvgIpc) is 3.02. The van der Waals surface area contributed by atoms with Crippen LogP contribution < -0.4 is 4.80 Å². The summed E-state index contributed by atoms with van der Waals surface area (Å²) in [5.41, 5.74) is 3.51. The fourth-order valence-corrected chi connectivity index (χ4v) is 3.41. The Kier molecular flexibility index (Phi) is 5.75. The van der Waals surface area contributed by atoms with Gasteiger partial charge < -0.3 is 0 Å². The monoisotopic (exact) mass is 347 g/mol. The van der Waals surface area contributed by atoms with Crippen molar-refractivity contribution >= 4 is 17.6 Å². The van der Waals surface area contributed by atoms with Gasteiger partial charge in [-0.25, -0.2) is 4.68 Å². The van der Waals surface area contributed by atoms with Gasteiger partial charge in [0, 0.05) is 17.5 Å². The summed E-state index contributed by atoms with van der Waals surface area (Å²) in [5.74, 6) is 0.0986. The molecular formula is C21H21N3S. The number of hydrogen-bond acceptors (Lipinski definition) is 3. The van der Waals surface area contributed by atoms with Crippen LogP contribution in [0.5, 0.6) is 0 Å². The maximum atomic E-state index is 4.75. The quantitative estimate of drug-likeness (QED) is 0.460. The van der Waals surface area contributed by atoms with Crippen LogP contribution in [0.1, 0.15) is 22.7 Å². The van der Waals surface area contributed by atoms with Crippen molar-refractivity contribution in [2.24, 2.45) is 10.1 Å². The molecule has 0 N–H and O–H groups in total. The van der Waals surface area contributed by atoms with Gasteiger partial charge in [0.2, 0.25) is 4.80 Å². The van der Waals surface area contributed by atoms with Crippen molar-refractivity contribution in [2.75, 3.05) is 6.54 Å². The summed E-state index contributed by atoms with van der Waals surface area (Å²) in [6.07, 6.45) is 3.79. The molecule has 0 amide bonds. The first-order valence-electron chi connectivity index (χ1n) is 8.22. The lowest BCUT2D eigenvalue weighted by Gasteiger charge is -2.13. The minimum Gasteiger partial charge on any atom is -0.253 e. The van der Waals surface area contributed by atoms with E-state index in [1.54, 1.807) is 17.4 Å². The van der Waals surface area contributed by atoms with Gasteiger partial charge >= 0.3 is 0 Å². The molecule has 0 fully saturated rings. The van der Waals surface area contributed by atoms with Crippen LogP contribution in [0.25, 0.3) is 0 Å². The second-order valence-electron chi connectivity index (χ2n) is 5.66. The highest BCUT2D eigenvalue weighted by molar-refractivity contribution is 7.07. The van der Waals surface area contributed by atoms with E-state index in [1.807, 2.05) is 29.9 Å². The predicted molar refractivity (Wildman–Crippen MR) is 106 cm³/mol. The van der Waals surface area contributed by atoms with E-state index in [2.05, 4.69) is 65.5 Å². The van der Waals surface area contributed by atoms with Gasteiger partial charge in [-0.05, 0) is 18.1 Å². The van der Waals surface area contributed by atoms with Gasteiger partial charge in [0.25, 0.3) is 0 Å². The lowest BCUT2D eigenvalue weighted by Crippen LogP contribution is -2.14. The molecule has 0 saturated heterocycles. The van der Waals surface area contributed by atoms with E-state index in [9.17, 15) is 0 Å². The number of aromatic nitrogens is 1. The first kappa shape index (κ1) is 17.1. The molecule has 3 nitrogen and oxygen atoms in total. The number of thiazole rings is 1. The Bertz CT molecular complexity index is 866. The molecule has 1 heterocycles. The van der Waals surface area contributed by atoms with Gasteiger partial charge in [0.15, 0.2) is 0 Å². The zero-order chi connectivity index (χ0) is 17.5. The summed E-state index contributed by atoms with van der Waals surface area (Å²) < 4.78 is 1.90. The van der Waals surface area contributed by atoms with Crippen molar-refractivity contribution < 1.29 is 0 Å². The van der Waals surface area contributed by atoms with Crippen LogP contribution in [-0.2, 0) is 0 Å². The van der Waals surface area contributed by atoms with Gasteiger partial charge in [-0.1, -0.05) is 66.7 Å². The molecule has 3 rings (SSSR count). The molecule has 2 aromatic carbocycles. The molecule has 126 valence electrons. The Morgan fingerprint density at radius 2 is 1.64 bits per heavy atom. The van der Waals surface area contributed by atoms with Crippen LogP contribution in [0.15, 0.2) is 88.8 Å². The maximum absolute atomic E-state index is 4.75. The van der Waals surface area contributed by atoms with Crippen LogP contribution in [0.3, 0.4) is 0 Å². The van der Waals surface area contributed by atoms with Gasteiger partial charge in [-0.2, -0.15) is 5.10 Å². The van der Waals surface area contributed by atoms with E-state index in [0.717, 1.165) is 10.5 Å². The molecule has 3 aromatic rings. The Hall–Kier alpha value is -2.72. The summed E-state index contributed by atoms with van der Waals surface area (Å²) in [6.45, 7) is 6.36. The van der Waals surface area contributed by atoms with E-state index >= 15 is 0 Å². The normalized spacial score (nSPS) is 12.2. The minimum atomic E-state index is 0.0986. The molecule has 0 aliphatic rings. The first-order chi connectivity index (χ1) is 12.3. The molecular weight excluding hydrogens is 326 g/mol. The van der Waals surface area contributed by atoms with Crippen LogP contribution >= 0.6 is 11.3 Å². The third-order valence-corrected chi connectivity index (χ3v) is 4.83. The number of nitrogens with zero attached hydrogens (tertiary/aromatic N) is 3. The second-order valence-corrected chi connectivity index (χ2v) is 6.50. The van der Waals surface area contributed by atoms with Gasteiger partial charge in [0.05, 0.1) is 12.2 Å². The highest BCUT2D eigenvalue weighted by Crippen LogP contribution is 2.22. The second kappa shape index (κ2) is 8.40. The van der Waals surface area contributed by atoms with Gasteiger partial charge in [0.1, 0.15) is 0 Å². The average molecular weight is 347 g/mol. The molecule has 0 radical (unpaired) electrons. The zero-order valence-corrected chi connectivity index (χ0v) is 15.1. The molecule has 0 unspecified atom stereocenters. The Labute approximate surface area is 152 Å². The summed E-state index contributed by atoms with van der Waals surface area (Å²) in [5, 5.41) is 6.81. The van der Waals surface area contributed by atoms with Crippen molar-refractivity contribution in [1.29, 1.82) is 0 Å². The minimum absolute atomic E-state index is 0.0986. The van der Waals surface area contributed by atoms with Gasteiger partial charge in [-0.15, -0.1) is 17.9 Å². The number of hydrogen-bond donors (Lipinski definition) is 0. The lowest BCUT2D eigenvalue weighted by molar-refractivity contribution is 0.792. The van der Waals surface area contributed by atoms with Crippen LogP contribution in [0.2, 0.25) is 0 Å². The number of benzene rings is 2. The fraction of sp³-hybridized carbons (Fsp3) is 0.143. The summed E-state index contributed by atoms with van der Waals surface area (Å²) >= 11 is 1.59. The van der Waals surface area contributed by atoms with E-state index in [0.29, 0.717) is 6.54 Å². The summed E-state index contributed by atoms with van der Waals surface area (Å²) in [6, 6.07) is 20.9. The maximum Gasteiger partial charge on any atom is 0.206 e. The summed E-state index contributed by atoms with van der Waals surface area (Å²) in [4.78, 5) is 5.40. The van der Waals surface area contributed by atoms with Crippen molar-refractivity contribution in [3.05, 3.63) is 100 Å². The fourth-order valence-electron chi connectivity index (χ4n) is 2.59. The van der Waals surface area contributed by atoms with Crippen molar-refractivity contribution in [3.8, 4) is 0 Å². The Morgan fingerprint density at radius 3 is 2.20 bits per heavy atom. The predicted octanol–water partition coefficient (Wildman–Crippen LogP) is 4.61. The Balaban J connectivity index is 2.01. The molecule has 0 saturated carbocycles. The van der Waals surface area contributed by atoms with E-state index < -0.39 is 0 Å². The summed E-state index contributed by atoms with van der Waals surface area (Å²) in [7, 11) is 0. The van der Waals surface area contributed by atoms with E-state index in [1.165, 1.54) is 11.1 Å². The number of aryl methyl sites for hydroxylation is 1. The molecule has 25 heavy (non-hydrogen) atoms. The highest BCUT2D eigenvalue weighted by atomic mass is 32.1. The van der Waals surface area contributed by atoms with Crippen molar-refractivity contribution in [1.82, 2.24) is 4.68 Å². The van der Waals surface area contributed by atoms with Crippen molar-refractivity contribution in [3.63, 3.8) is 0 Å². The van der Waals surface area contributed by atoms with Crippen LogP contribution in [0, 0.1) is 6.92 Å². The van der Waals surface area contributed by atoms with E-state index in [-0.39, 0.29) is 5.92 Å². The zero-order valence-electron chi connectivity index (χ0n) is 14.2. The molecule has 0 aliphatic heterocycles. The molecule has 4 heteroatoms. The standard InChI is InChI=1S/C21H21N3S/c1-3-14-22-21-24(17(2)16-25-21)23-15-20(18-10-6-4-7-11-18)19-12-8-5-9-13-19/h3-13,15-16,20H,1,14H2,2H3. The molecule has 0 spiro atoms. The lowest BCUT2D eigenvalue weighted by atomic mass is 9.92. The molecule has 1 aromatic heterocycles. The Morgan fingerprint density at radius 1 is 1.04 bits per heavy atom. The van der Waals surface area contributed by atoms with Crippen LogP contribution in [0.4, 0.5) is 0 Å². The third kappa shape index (κ3) is 4.22.